The van der Waals surface area contributed by atoms with E-state index in [1.54, 1.807) is 0 Å². The number of nitrogens with zero attached hydrogens (tertiary/aromatic N) is 2. The summed E-state index contributed by atoms with van der Waals surface area (Å²) in [4.78, 5) is 16.7. The zero-order valence-electron chi connectivity index (χ0n) is 13.6. The molecule has 6 heteroatoms. The van der Waals surface area contributed by atoms with E-state index in [-0.39, 0.29) is 11.9 Å². The second kappa shape index (κ2) is 6.02. The van der Waals surface area contributed by atoms with Gasteiger partial charge in [-0.2, -0.15) is 0 Å². The smallest absolute Gasteiger partial charge is 0.250 e. The van der Waals surface area contributed by atoms with E-state index in [1.807, 2.05) is 11.9 Å². The third kappa shape index (κ3) is 2.66. The molecular weight excluding hydrogens is 290 g/mol. The predicted molar refractivity (Wildman–Crippen MR) is 93.4 cm³/mol. The van der Waals surface area contributed by atoms with Gasteiger partial charge in [0.2, 0.25) is 0 Å². The van der Waals surface area contributed by atoms with Crippen LogP contribution in [0.4, 0.5) is 17.1 Å². The third-order valence-corrected chi connectivity index (χ3v) is 5.17. The summed E-state index contributed by atoms with van der Waals surface area (Å²) in [6.07, 6.45) is 2.40. The van der Waals surface area contributed by atoms with Crippen molar-refractivity contribution >= 4 is 23.0 Å². The fourth-order valence-electron chi connectivity index (χ4n) is 3.89. The lowest BCUT2D eigenvalue weighted by molar-refractivity contribution is -0.120. The molecule has 0 radical (unpaired) electrons. The number of anilines is 3. The summed E-state index contributed by atoms with van der Waals surface area (Å²) in [5.74, 6) is 0.182. The van der Waals surface area contributed by atoms with E-state index in [4.69, 9.17) is 0 Å². The second-order valence-corrected chi connectivity index (χ2v) is 6.70. The van der Waals surface area contributed by atoms with Gasteiger partial charge in [-0.3, -0.25) is 4.79 Å². The fourth-order valence-corrected chi connectivity index (χ4v) is 3.89. The summed E-state index contributed by atoms with van der Waals surface area (Å²) in [5.41, 5.74) is 3.29. The van der Waals surface area contributed by atoms with Gasteiger partial charge < -0.3 is 25.8 Å². The van der Waals surface area contributed by atoms with Crippen LogP contribution >= 0.6 is 0 Å². The maximum absolute atomic E-state index is 12.6. The van der Waals surface area contributed by atoms with Crippen molar-refractivity contribution < 1.29 is 4.79 Å². The van der Waals surface area contributed by atoms with E-state index < -0.39 is 0 Å². The number of benzene rings is 1. The molecule has 4 rings (SSSR count). The Morgan fingerprint density at radius 3 is 2.87 bits per heavy atom. The number of rotatable bonds is 2. The van der Waals surface area contributed by atoms with Crippen molar-refractivity contribution in [3.8, 4) is 0 Å². The van der Waals surface area contributed by atoms with Crippen LogP contribution in [0.2, 0.25) is 0 Å². The van der Waals surface area contributed by atoms with E-state index in [0.29, 0.717) is 6.04 Å². The Morgan fingerprint density at radius 2 is 2.04 bits per heavy atom. The van der Waals surface area contributed by atoms with Crippen LogP contribution in [0.15, 0.2) is 18.2 Å². The van der Waals surface area contributed by atoms with Crippen molar-refractivity contribution in [1.29, 1.82) is 0 Å². The van der Waals surface area contributed by atoms with Crippen molar-refractivity contribution in [2.75, 3.05) is 54.9 Å². The van der Waals surface area contributed by atoms with Crippen molar-refractivity contribution in [2.24, 2.45) is 0 Å². The highest BCUT2D eigenvalue weighted by Crippen LogP contribution is 2.38. The Labute approximate surface area is 137 Å². The van der Waals surface area contributed by atoms with Crippen LogP contribution in [-0.4, -0.2) is 57.8 Å². The Kier molecular flexibility index (Phi) is 3.87. The topological polar surface area (TPSA) is 59.6 Å². The molecule has 3 N–H and O–H groups in total. The van der Waals surface area contributed by atoms with Gasteiger partial charge in [0.05, 0.1) is 11.4 Å². The number of carbonyl (C=O) groups is 1. The summed E-state index contributed by atoms with van der Waals surface area (Å²) < 4.78 is 0. The fraction of sp³-hybridized carbons (Fsp3) is 0.588. The van der Waals surface area contributed by atoms with Crippen LogP contribution < -0.4 is 25.8 Å². The predicted octanol–water partition coefficient (Wildman–Crippen LogP) is 0.605. The molecule has 23 heavy (non-hydrogen) atoms. The van der Waals surface area contributed by atoms with Crippen LogP contribution in [0.3, 0.4) is 0 Å². The minimum atomic E-state index is -0.0670. The first-order chi connectivity index (χ1) is 11.2. The lowest BCUT2D eigenvalue weighted by atomic mass is 10.0. The molecule has 124 valence electrons. The molecule has 3 aliphatic heterocycles. The number of hydrogen-bond donors (Lipinski definition) is 3. The van der Waals surface area contributed by atoms with Gasteiger partial charge in [-0.05, 0) is 37.6 Å². The molecule has 2 saturated heterocycles. The summed E-state index contributed by atoms with van der Waals surface area (Å²) in [7, 11) is 1.89. The highest BCUT2D eigenvalue weighted by atomic mass is 16.2. The SMILES string of the molecule is CN1C(=O)[C@H]2CNCCN2c2ccc(NC3CCCNC3)cc21. The van der Waals surface area contributed by atoms with Crippen molar-refractivity contribution in [3.63, 3.8) is 0 Å². The van der Waals surface area contributed by atoms with Crippen LogP contribution in [0.5, 0.6) is 0 Å². The molecule has 0 saturated carbocycles. The molecule has 3 aliphatic rings. The molecule has 1 aromatic carbocycles. The molecule has 3 heterocycles. The van der Waals surface area contributed by atoms with Crippen LogP contribution in [-0.2, 0) is 4.79 Å². The highest BCUT2D eigenvalue weighted by molar-refractivity contribution is 6.06. The number of piperazine rings is 1. The van der Waals surface area contributed by atoms with Gasteiger partial charge in [0.1, 0.15) is 6.04 Å². The molecule has 1 unspecified atom stereocenters. The maximum Gasteiger partial charge on any atom is 0.250 e. The highest BCUT2D eigenvalue weighted by Gasteiger charge is 2.37. The third-order valence-electron chi connectivity index (χ3n) is 5.17. The summed E-state index contributed by atoms with van der Waals surface area (Å²) in [6.45, 7) is 4.67. The molecule has 1 aromatic rings. The summed E-state index contributed by atoms with van der Waals surface area (Å²) >= 11 is 0. The lowest BCUT2D eigenvalue weighted by Gasteiger charge is -2.44. The molecule has 6 nitrogen and oxygen atoms in total. The average Bonchev–Trinajstić information content (AvgIpc) is 2.60. The number of hydrogen-bond acceptors (Lipinski definition) is 5. The molecular formula is C17H25N5O. The Balaban J connectivity index is 1.61. The van der Waals surface area contributed by atoms with Gasteiger partial charge in [-0.15, -0.1) is 0 Å². The number of piperidine rings is 1. The van der Waals surface area contributed by atoms with E-state index in [1.165, 1.54) is 18.5 Å². The number of fused-ring (bicyclic) bond motifs is 3. The van der Waals surface area contributed by atoms with Gasteiger partial charge in [0.25, 0.3) is 5.91 Å². The van der Waals surface area contributed by atoms with Crippen molar-refractivity contribution in [3.05, 3.63) is 18.2 Å². The lowest BCUT2D eigenvalue weighted by Crippen LogP contribution is -2.61. The van der Waals surface area contributed by atoms with Crippen LogP contribution in [0.25, 0.3) is 0 Å². The van der Waals surface area contributed by atoms with Gasteiger partial charge >= 0.3 is 0 Å². The Morgan fingerprint density at radius 1 is 1.17 bits per heavy atom. The minimum Gasteiger partial charge on any atom is -0.381 e. The maximum atomic E-state index is 12.6. The summed E-state index contributed by atoms with van der Waals surface area (Å²) in [5, 5.41) is 10.4. The van der Waals surface area contributed by atoms with E-state index in [9.17, 15) is 4.79 Å². The molecule has 0 aliphatic carbocycles. The van der Waals surface area contributed by atoms with Gasteiger partial charge in [0.15, 0.2) is 0 Å². The average molecular weight is 315 g/mol. The standard InChI is InChI=1S/C17H25N5O/c1-21-15-9-12(20-13-3-2-6-18-10-13)4-5-14(15)22-8-7-19-11-16(22)17(21)23/h4-5,9,13,16,18-20H,2-3,6-8,10-11H2,1H3/t13?,16-/m1/s1. The molecule has 2 atom stereocenters. The number of amides is 1. The number of nitrogens with one attached hydrogen (secondary N) is 3. The Bertz CT molecular complexity index is 599. The van der Waals surface area contributed by atoms with Gasteiger partial charge in [-0.1, -0.05) is 0 Å². The summed E-state index contributed by atoms with van der Waals surface area (Å²) in [6, 6.07) is 6.84. The van der Waals surface area contributed by atoms with Crippen molar-refractivity contribution in [2.45, 2.75) is 24.9 Å². The molecule has 1 amide bonds. The monoisotopic (exact) mass is 315 g/mol. The molecule has 0 bridgehead atoms. The number of carbonyl (C=O) groups excluding carboxylic acids is 1. The first-order valence-electron chi connectivity index (χ1n) is 8.60. The van der Waals surface area contributed by atoms with Gasteiger partial charge in [-0.25, -0.2) is 0 Å². The quantitative estimate of drug-likeness (QED) is 0.746. The minimum absolute atomic E-state index is 0.0670. The van der Waals surface area contributed by atoms with Crippen molar-refractivity contribution in [1.82, 2.24) is 10.6 Å². The Hall–Kier alpha value is -1.79. The molecule has 0 aromatic heterocycles. The van der Waals surface area contributed by atoms with Crippen LogP contribution in [0, 0.1) is 0 Å². The first kappa shape index (κ1) is 14.8. The normalized spacial score (nSPS) is 27.4. The molecule has 0 spiro atoms. The van der Waals surface area contributed by atoms with E-state index in [0.717, 1.165) is 44.1 Å². The largest absolute Gasteiger partial charge is 0.381 e. The molecule has 2 fully saturated rings. The zero-order valence-corrected chi connectivity index (χ0v) is 13.6. The van der Waals surface area contributed by atoms with Gasteiger partial charge in [0, 0.05) is 45.0 Å². The van der Waals surface area contributed by atoms with E-state index >= 15 is 0 Å². The van der Waals surface area contributed by atoms with E-state index in [2.05, 4.69) is 39.0 Å². The number of likely N-dealkylation sites (N-methyl/N-ethyl adjacent to an activating group) is 1. The first-order valence-corrected chi connectivity index (χ1v) is 8.60. The zero-order chi connectivity index (χ0) is 15.8. The van der Waals surface area contributed by atoms with Crippen LogP contribution in [0.1, 0.15) is 12.8 Å². The second-order valence-electron chi connectivity index (χ2n) is 6.70.